The standard InChI is InChI=1S/C20H16F3N5O2/c1-10(26-11-7-25-28(9-11)20(22)23)17-12-6-14(24-8-15(12)27-19(17)29)18-13(21)4-3-5-16(18)30-2/h3-9,20,26H,1-2H3,(H,27,29)/b17-10-. The van der Waals surface area contributed by atoms with E-state index in [1.165, 1.54) is 31.6 Å². The van der Waals surface area contributed by atoms with Crippen LogP contribution in [0, 0.1) is 5.82 Å². The highest BCUT2D eigenvalue weighted by Crippen LogP contribution is 2.38. The molecule has 0 aliphatic carbocycles. The molecule has 0 saturated heterocycles. The number of hydrogen-bond acceptors (Lipinski definition) is 5. The van der Waals surface area contributed by atoms with Gasteiger partial charge in [-0.05, 0) is 25.1 Å². The van der Waals surface area contributed by atoms with Crippen LogP contribution in [0.15, 0.2) is 48.6 Å². The molecule has 0 bridgehead atoms. The summed E-state index contributed by atoms with van der Waals surface area (Å²) >= 11 is 0. The van der Waals surface area contributed by atoms with E-state index in [0.29, 0.717) is 33.1 Å². The number of rotatable bonds is 5. The summed E-state index contributed by atoms with van der Waals surface area (Å²) in [5, 5.41) is 9.16. The number of alkyl halides is 2. The fourth-order valence-electron chi connectivity index (χ4n) is 3.29. The van der Waals surface area contributed by atoms with Gasteiger partial charge in [0.05, 0.1) is 53.9 Å². The molecule has 0 spiro atoms. The quantitative estimate of drug-likeness (QED) is 0.608. The van der Waals surface area contributed by atoms with Crippen molar-refractivity contribution in [2.24, 2.45) is 0 Å². The first-order chi connectivity index (χ1) is 14.4. The molecule has 2 N–H and O–H groups in total. The molecule has 0 fully saturated rings. The lowest BCUT2D eigenvalue weighted by Crippen LogP contribution is -2.08. The molecular formula is C20H16F3N5O2. The van der Waals surface area contributed by atoms with Gasteiger partial charge in [-0.25, -0.2) is 9.07 Å². The number of allylic oxidation sites excluding steroid dienone is 1. The van der Waals surface area contributed by atoms with Crippen molar-refractivity contribution < 1.29 is 22.7 Å². The minimum Gasteiger partial charge on any atom is -0.496 e. The number of nitrogens with one attached hydrogen (secondary N) is 2. The van der Waals surface area contributed by atoms with Gasteiger partial charge in [0.1, 0.15) is 11.6 Å². The first kappa shape index (κ1) is 19.5. The van der Waals surface area contributed by atoms with E-state index in [2.05, 4.69) is 20.7 Å². The van der Waals surface area contributed by atoms with Crippen LogP contribution in [0.25, 0.3) is 16.8 Å². The highest BCUT2D eigenvalue weighted by molar-refractivity contribution is 6.32. The number of methoxy groups -OCH3 is 1. The zero-order valence-corrected chi connectivity index (χ0v) is 15.9. The molecule has 1 aliphatic rings. The summed E-state index contributed by atoms with van der Waals surface area (Å²) in [6.45, 7) is -1.14. The van der Waals surface area contributed by atoms with Gasteiger partial charge in [0.2, 0.25) is 0 Å². The molecule has 0 atom stereocenters. The Labute approximate surface area is 169 Å². The minimum atomic E-state index is -2.77. The van der Waals surface area contributed by atoms with Crippen LogP contribution in [0.4, 0.5) is 24.5 Å². The van der Waals surface area contributed by atoms with Crippen molar-refractivity contribution in [2.75, 3.05) is 17.7 Å². The fourth-order valence-corrected chi connectivity index (χ4v) is 3.29. The van der Waals surface area contributed by atoms with Gasteiger partial charge in [-0.3, -0.25) is 9.78 Å². The summed E-state index contributed by atoms with van der Waals surface area (Å²) in [5.74, 6) is -0.603. The van der Waals surface area contributed by atoms with Gasteiger partial charge in [0.15, 0.2) is 0 Å². The van der Waals surface area contributed by atoms with Gasteiger partial charge in [0.25, 0.3) is 5.91 Å². The number of ether oxygens (including phenoxy) is 1. The van der Waals surface area contributed by atoms with Crippen LogP contribution in [-0.2, 0) is 4.79 Å². The Bertz CT molecular complexity index is 1170. The number of hydrogen-bond donors (Lipinski definition) is 2. The number of pyridine rings is 1. The van der Waals surface area contributed by atoms with E-state index in [0.717, 1.165) is 6.20 Å². The molecule has 0 radical (unpaired) electrons. The summed E-state index contributed by atoms with van der Waals surface area (Å²) in [7, 11) is 1.43. The molecule has 1 aromatic carbocycles. The van der Waals surface area contributed by atoms with Crippen LogP contribution in [0.2, 0.25) is 0 Å². The van der Waals surface area contributed by atoms with Crippen molar-refractivity contribution in [3.63, 3.8) is 0 Å². The van der Waals surface area contributed by atoms with Crippen molar-refractivity contribution in [2.45, 2.75) is 13.5 Å². The molecule has 1 amide bonds. The summed E-state index contributed by atoms with van der Waals surface area (Å²) in [4.78, 5) is 16.8. The summed E-state index contributed by atoms with van der Waals surface area (Å²) in [6.07, 6.45) is 3.79. The number of aromatic nitrogens is 3. The summed E-state index contributed by atoms with van der Waals surface area (Å²) in [6, 6.07) is 6.01. The molecule has 0 unspecified atom stereocenters. The molecule has 4 rings (SSSR count). The lowest BCUT2D eigenvalue weighted by molar-refractivity contribution is -0.110. The third-order valence-corrected chi connectivity index (χ3v) is 4.61. The Kier molecular flexibility index (Phi) is 4.90. The number of halogens is 3. The van der Waals surface area contributed by atoms with Gasteiger partial charge < -0.3 is 15.4 Å². The second-order valence-corrected chi connectivity index (χ2v) is 6.50. The summed E-state index contributed by atoms with van der Waals surface area (Å²) < 4.78 is 45.7. The largest absolute Gasteiger partial charge is 0.496 e. The molecule has 3 heterocycles. The van der Waals surface area contributed by atoms with Gasteiger partial charge in [-0.15, -0.1) is 0 Å². The van der Waals surface area contributed by atoms with Crippen LogP contribution in [-0.4, -0.2) is 27.8 Å². The van der Waals surface area contributed by atoms with Crippen LogP contribution in [0.5, 0.6) is 5.75 Å². The molecule has 7 nitrogen and oxygen atoms in total. The third kappa shape index (κ3) is 3.36. The molecule has 1 aliphatic heterocycles. The normalized spacial score (nSPS) is 14.5. The first-order valence-electron chi connectivity index (χ1n) is 8.84. The summed E-state index contributed by atoms with van der Waals surface area (Å²) in [5.41, 5.74) is 2.42. The van der Waals surface area contributed by atoms with Gasteiger partial charge >= 0.3 is 6.55 Å². The average Bonchev–Trinajstić information content (AvgIpc) is 3.30. The van der Waals surface area contributed by atoms with Crippen LogP contribution in [0.3, 0.4) is 0 Å². The molecule has 3 aromatic rings. The van der Waals surface area contributed by atoms with E-state index in [1.54, 1.807) is 19.1 Å². The van der Waals surface area contributed by atoms with Crippen molar-refractivity contribution in [3.8, 4) is 17.0 Å². The monoisotopic (exact) mass is 415 g/mol. The fraction of sp³-hybridized carbons (Fsp3) is 0.150. The Hall–Kier alpha value is -3.82. The number of anilines is 2. The van der Waals surface area contributed by atoms with Crippen molar-refractivity contribution in [3.05, 3.63) is 59.9 Å². The van der Waals surface area contributed by atoms with E-state index < -0.39 is 18.3 Å². The van der Waals surface area contributed by atoms with Crippen molar-refractivity contribution in [1.82, 2.24) is 14.8 Å². The van der Waals surface area contributed by atoms with Crippen molar-refractivity contribution >= 4 is 22.9 Å². The SMILES string of the molecule is COc1cccc(F)c1-c1cc2c(cn1)NC(=O)/C2=C(/C)Nc1cnn(C(F)F)c1. The maximum Gasteiger partial charge on any atom is 0.333 e. The van der Waals surface area contributed by atoms with Crippen LogP contribution >= 0.6 is 0 Å². The van der Waals surface area contributed by atoms with E-state index in [9.17, 15) is 18.0 Å². The molecule has 30 heavy (non-hydrogen) atoms. The number of amides is 1. The zero-order chi connectivity index (χ0) is 21.4. The van der Waals surface area contributed by atoms with E-state index in [4.69, 9.17) is 4.74 Å². The van der Waals surface area contributed by atoms with Crippen molar-refractivity contribution in [1.29, 1.82) is 0 Å². The number of carbonyl (C=O) groups excluding carboxylic acids is 1. The number of carbonyl (C=O) groups is 1. The third-order valence-electron chi connectivity index (χ3n) is 4.61. The lowest BCUT2D eigenvalue weighted by atomic mass is 10.0. The highest BCUT2D eigenvalue weighted by Gasteiger charge is 2.28. The maximum absolute atomic E-state index is 14.5. The second-order valence-electron chi connectivity index (χ2n) is 6.50. The number of nitrogens with zero attached hydrogens (tertiary/aromatic N) is 3. The lowest BCUT2D eigenvalue weighted by Gasteiger charge is -2.11. The molecule has 10 heteroatoms. The number of fused-ring (bicyclic) bond motifs is 1. The Balaban J connectivity index is 1.76. The number of benzene rings is 1. The molecule has 0 saturated carbocycles. The first-order valence-corrected chi connectivity index (χ1v) is 8.84. The second kappa shape index (κ2) is 7.54. The Morgan fingerprint density at radius 2 is 2.10 bits per heavy atom. The van der Waals surface area contributed by atoms with E-state index in [1.807, 2.05) is 0 Å². The Morgan fingerprint density at radius 3 is 2.80 bits per heavy atom. The topological polar surface area (TPSA) is 81.1 Å². The predicted octanol–water partition coefficient (Wildman–Crippen LogP) is 4.28. The van der Waals surface area contributed by atoms with Crippen LogP contribution < -0.4 is 15.4 Å². The minimum absolute atomic E-state index is 0.172. The zero-order valence-electron chi connectivity index (χ0n) is 15.9. The van der Waals surface area contributed by atoms with Gasteiger partial charge in [0, 0.05) is 11.3 Å². The van der Waals surface area contributed by atoms with Crippen LogP contribution in [0.1, 0.15) is 19.0 Å². The molecular weight excluding hydrogens is 399 g/mol. The van der Waals surface area contributed by atoms with E-state index in [-0.39, 0.29) is 16.8 Å². The maximum atomic E-state index is 14.5. The Morgan fingerprint density at radius 1 is 1.30 bits per heavy atom. The average molecular weight is 415 g/mol. The highest BCUT2D eigenvalue weighted by atomic mass is 19.3. The smallest absolute Gasteiger partial charge is 0.333 e. The molecule has 2 aromatic heterocycles. The molecule has 154 valence electrons. The van der Waals surface area contributed by atoms with Gasteiger partial charge in [-0.1, -0.05) is 6.07 Å². The van der Waals surface area contributed by atoms with E-state index >= 15 is 0 Å². The predicted molar refractivity (Wildman–Crippen MR) is 105 cm³/mol. The van der Waals surface area contributed by atoms with Gasteiger partial charge in [-0.2, -0.15) is 13.9 Å².